The highest BCUT2D eigenvalue weighted by Gasteiger charge is 2.40. The number of aryl methyl sites for hydroxylation is 1. The molecular formula is C17H26F2N4O. The smallest absolute Gasteiger partial charge is 0.248 e. The summed E-state index contributed by atoms with van der Waals surface area (Å²) >= 11 is 0. The molecule has 1 aromatic heterocycles. The van der Waals surface area contributed by atoms with Gasteiger partial charge in [-0.2, -0.15) is 5.10 Å². The van der Waals surface area contributed by atoms with Crippen LogP contribution >= 0.6 is 0 Å². The van der Waals surface area contributed by atoms with Gasteiger partial charge in [0.15, 0.2) is 0 Å². The van der Waals surface area contributed by atoms with Crippen molar-refractivity contribution in [3.05, 3.63) is 18.0 Å². The van der Waals surface area contributed by atoms with Crippen molar-refractivity contribution >= 4 is 5.91 Å². The van der Waals surface area contributed by atoms with E-state index >= 15 is 0 Å². The molecule has 5 nitrogen and oxygen atoms in total. The van der Waals surface area contributed by atoms with E-state index in [1.807, 2.05) is 19.4 Å². The third-order valence-corrected chi connectivity index (χ3v) is 5.05. The van der Waals surface area contributed by atoms with Crippen LogP contribution in [0.3, 0.4) is 0 Å². The van der Waals surface area contributed by atoms with E-state index in [-0.39, 0.29) is 18.7 Å². The number of nitrogens with zero attached hydrogens (tertiary/aromatic N) is 4. The van der Waals surface area contributed by atoms with Crippen molar-refractivity contribution in [1.82, 2.24) is 19.6 Å². The Morgan fingerprint density at radius 1 is 1.29 bits per heavy atom. The highest BCUT2D eigenvalue weighted by atomic mass is 19.3. The summed E-state index contributed by atoms with van der Waals surface area (Å²) in [5.41, 5.74) is 1.16. The molecule has 0 aromatic carbocycles. The van der Waals surface area contributed by atoms with Crippen molar-refractivity contribution in [1.29, 1.82) is 0 Å². The Morgan fingerprint density at radius 2 is 2.12 bits per heavy atom. The van der Waals surface area contributed by atoms with Gasteiger partial charge in [-0.15, -0.1) is 0 Å². The standard InChI is InChI=1S/C17H26F2N4O/c1-21-12-14(11-20-21)13-22-6-3-7-23(9-8-22)16(24)15-4-2-5-17(18,19)10-15/h11-12,15H,2-10,13H2,1H3. The van der Waals surface area contributed by atoms with Crippen LogP contribution < -0.4 is 0 Å². The normalized spacial score (nSPS) is 25.5. The molecule has 2 fully saturated rings. The van der Waals surface area contributed by atoms with Gasteiger partial charge < -0.3 is 4.90 Å². The van der Waals surface area contributed by atoms with Crippen LogP contribution in [-0.2, 0) is 18.4 Å². The largest absolute Gasteiger partial charge is 0.341 e. The monoisotopic (exact) mass is 340 g/mol. The second kappa shape index (κ2) is 7.17. The average Bonchev–Trinajstić information content (AvgIpc) is 2.79. The Bertz CT molecular complexity index is 575. The van der Waals surface area contributed by atoms with E-state index < -0.39 is 11.8 Å². The molecule has 134 valence electrons. The summed E-state index contributed by atoms with van der Waals surface area (Å²) in [7, 11) is 1.90. The topological polar surface area (TPSA) is 41.4 Å². The Balaban J connectivity index is 1.54. The summed E-state index contributed by atoms with van der Waals surface area (Å²) in [6.45, 7) is 3.81. The minimum Gasteiger partial charge on any atom is -0.341 e. The molecule has 0 bridgehead atoms. The molecule has 1 atom stereocenters. The molecule has 1 saturated carbocycles. The molecule has 0 radical (unpaired) electrons. The minimum atomic E-state index is -2.67. The van der Waals surface area contributed by atoms with Crippen LogP contribution in [0.1, 0.15) is 37.7 Å². The number of carbonyl (C=O) groups is 1. The van der Waals surface area contributed by atoms with Crippen LogP contribution in [0.25, 0.3) is 0 Å². The maximum absolute atomic E-state index is 13.6. The lowest BCUT2D eigenvalue weighted by Crippen LogP contribution is -2.42. The van der Waals surface area contributed by atoms with E-state index in [1.165, 1.54) is 0 Å². The van der Waals surface area contributed by atoms with Crippen LogP contribution in [0.4, 0.5) is 8.78 Å². The fraction of sp³-hybridized carbons (Fsp3) is 0.765. The summed E-state index contributed by atoms with van der Waals surface area (Å²) in [4.78, 5) is 16.7. The van der Waals surface area contributed by atoms with Gasteiger partial charge in [-0.3, -0.25) is 14.4 Å². The number of carbonyl (C=O) groups excluding carboxylic acids is 1. The summed E-state index contributed by atoms with van der Waals surface area (Å²) in [6.07, 6.45) is 5.44. The third-order valence-electron chi connectivity index (χ3n) is 5.05. The second-order valence-electron chi connectivity index (χ2n) is 7.13. The zero-order valence-electron chi connectivity index (χ0n) is 14.3. The third kappa shape index (κ3) is 4.32. The number of hydrogen-bond acceptors (Lipinski definition) is 3. The van der Waals surface area contributed by atoms with E-state index in [0.29, 0.717) is 25.9 Å². The number of halogens is 2. The molecule has 1 aliphatic carbocycles. The van der Waals surface area contributed by atoms with Gasteiger partial charge in [0.1, 0.15) is 0 Å². The molecule has 3 rings (SSSR count). The number of aromatic nitrogens is 2. The predicted octanol–water partition coefficient (Wildman–Crippen LogP) is 2.28. The van der Waals surface area contributed by atoms with Crippen LogP contribution in [0, 0.1) is 5.92 Å². The van der Waals surface area contributed by atoms with Crippen LogP contribution in [0.2, 0.25) is 0 Å². The van der Waals surface area contributed by atoms with E-state index in [9.17, 15) is 13.6 Å². The van der Waals surface area contributed by atoms with Crippen LogP contribution in [0.5, 0.6) is 0 Å². The molecule has 1 saturated heterocycles. The molecule has 1 aromatic rings. The fourth-order valence-electron chi connectivity index (χ4n) is 3.80. The van der Waals surface area contributed by atoms with Gasteiger partial charge in [0.25, 0.3) is 0 Å². The minimum absolute atomic E-state index is 0.0717. The lowest BCUT2D eigenvalue weighted by molar-refractivity contribution is -0.142. The summed E-state index contributed by atoms with van der Waals surface area (Å²) in [5, 5.41) is 4.18. The van der Waals surface area contributed by atoms with E-state index in [1.54, 1.807) is 9.58 Å². The van der Waals surface area contributed by atoms with Crippen LogP contribution in [0.15, 0.2) is 12.4 Å². The quantitative estimate of drug-likeness (QED) is 0.848. The Kier molecular flexibility index (Phi) is 5.18. The van der Waals surface area contributed by atoms with Crippen LogP contribution in [-0.4, -0.2) is 57.6 Å². The van der Waals surface area contributed by atoms with E-state index in [2.05, 4.69) is 10.00 Å². The van der Waals surface area contributed by atoms with E-state index in [4.69, 9.17) is 0 Å². The van der Waals surface area contributed by atoms with Gasteiger partial charge in [-0.05, 0) is 19.3 Å². The molecule has 1 aliphatic heterocycles. The Morgan fingerprint density at radius 3 is 2.83 bits per heavy atom. The number of alkyl halides is 2. The van der Waals surface area contributed by atoms with Crippen molar-refractivity contribution in [3.63, 3.8) is 0 Å². The predicted molar refractivity (Wildman–Crippen MR) is 86.6 cm³/mol. The van der Waals surface area contributed by atoms with Gasteiger partial charge in [0.05, 0.1) is 6.20 Å². The first-order chi connectivity index (χ1) is 11.4. The number of amides is 1. The molecule has 2 heterocycles. The van der Waals surface area contributed by atoms with E-state index in [0.717, 1.165) is 31.6 Å². The zero-order chi connectivity index (χ0) is 17.2. The lowest BCUT2D eigenvalue weighted by atomic mass is 9.85. The molecule has 2 aliphatic rings. The number of rotatable bonds is 3. The highest BCUT2D eigenvalue weighted by Crippen LogP contribution is 2.37. The molecule has 0 N–H and O–H groups in total. The Labute approximate surface area is 141 Å². The Hall–Kier alpha value is -1.50. The molecular weight excluding hydrogens is 314 g/mol. The van der Waals surface area contributed by atoms with Crippen molar-refractivity contribution in [3.8, 4) is 0 Å². The fourth-order valence-corrected chi connectivity index (χ4v) is 3.80. The van der Waals surface area contributed by atoms with Gasteiger partial charge in [0, 0.05) is 70.3 Å². The highest BCUT2D eigenvalue weighted by molar-refractivity contribution is 5.79. The van der Waals surface area contributed by atoms with Gasteiger partial charge in [-0.1, -0.05) is 0 Å². The first kappa shape index (κ1) is 17.3. The van der Waals surface area contributed by atoms with Crippen molar-refractivity contribution < 1.29 is 13.6 Å². The second-order valence-corrected chi connectivity index (χ2v) is 7.13. The lowest BCUT2D eigenvalue weighted by Gasteiger charge is -2.32. The molecule has 7 heteroatoms. The maximum Gasteiger partial charge on any atom is 0.248 e. The average molecular weight is 340 g/mol. The zero-order valence-corrected chi connectivity index (χ0v) is 14.3. The SMILES string of the molecule is Cn1cc(CN2CCCN(C(=O)C3CCCC(F)(F)C3)CC2)cn1. The number of hydrogen-bond donors (Lipinski definition) is 0. The van der Waals surface area contributed by atoms with Crippen molar-refractivity contribution in [2.24, 2.45) is 13.0 Å². The summed E-state index contributed by atoms with van der Waals surface area (Å²) in [6, 6.07) is 0. The van der Waals surface area contributed by atoms with Gasteiger partial charge in [-0.25, -0.2) is 8.78 Å². The molecule has 1 unspecified atom stereocenters. The molecule has 0 spiro atoms. The first-order valence-corrected chi connectivity index (χ1v) is 8.79. The summed E-state index contributed by atoms with van der Waals surface area (Å²) in [5.74, 6) is -3.24. The maximum atomic E-state index is 13.6. The first-order valence-electron chi connectivity index (χ1n) is 8.79. The molecule has 1 amide bonds. The van der Waals surface area contributed by atoms with Crippen molar-refractivity contribution in [2.75, 3.05) is 26.2 Å². The van der Waals surface area contributed by atoms with Gasteiger partial charge in [0.2, 0.25) is 11.8 Å². The van der Waals surface area contributed by atoms with Crippen molar-refractivity contribution in [2.45, 2.75) is 44.6 Å². The molecule has 24 heavy (non-hydrogen) atoms. The summed E-state index contributed by atoms with van der Waals surface area (Å²) < 4.78 is 28.9. The van der Waals surface area contributed by atoms with Gasteiger partial charge >= 0.3 is 0 Å².